The summed E-state index contributed by atoms with van der Waals surface area (Å²) in [6.07, 6.45) is 3.92. The number of rotatable bonds is 9. The van der Waals surface area contributed by atoms with Crippen molar-refractivity contribution in [2.45, 2.75) is 45.6 Å². The van der Waals surface area contributed by atoms with Crippen molar-refractivity contribution in [2.24, 2.45) is 4.99 Å². The summed E-state index contributed by atoms with van der Waals surface area (Å²) in [6.45, 7) is 6.14. The van der Waals surface area contributed by atoms with E-state index in [4.69, 9.17) is 18.9 Å². The van der Waals surface area contributed by atoms with E-state index in [-0.39, 0.29) is 24.0 Å². The van der Waals surface area contributed by atoms with E-state index >= 15 is 0 Å². The number of hydrogen-bond acceptors (Lipinski definition) is 5. The maximum absolute atomic E-state index is 6.05. The number of aromatic nitrogens is 1. The lowest BCUT2D eigenvalue weighted by Crippen LogP contribution is -2.36. The Bertz CT molecular complexity index is 1020. The summed E-state index contributed by atoms with van der Waals surface area (Å²) in [6, 6.07) is 18.3. The van der Waals surface area contributed by atoms with Crippen LogP contribution in [0.4, 0.5) is 0 Å². The van der Waals surface area contributed by atoms with Gasteiger partial charge in [-0.15, -0.1) is 24.0 Å². The first-order valence-corrected chi connectivity index (χ1v) is 11.6. The van der Waals surface area contributed by atoms with Gasteiger partial charge in [0.05, 0.1) is 31.5 Å². The molecule has 0 spiro atoms. The maximum Gasteiger partial charge on any atom is 0.226 e. The number of halogens is 1. The Kier molecular flexibility index (Phi) is 10.8. The molecule has 0 atom stereocenters. The van der Waals surface area contributed by atoms with Crippen molar-refractivity contribution in [3.63, 3.8) is 0 Å². The molecule has 0 saturated carbocycles. The Balaban J connectivity index is 0.00000324. The summed E-state index contributed by atoms with van der Waals surface area (Å²) in [5.74, 6) is 1.36. The highest BCUT2D eigenvalue weighted by molar-refractivity contribution is 14.0. The Hall–Kier alpha value is -2.43. The van der Waals surface area contributed by atoms with Gasteiger partial charge in [0, 0.05) is 25.3 Å². The van der Waals surface area contributed by atoms with Gasteiger partial charge in [-0.25, -0.2) is 9.98 Å². The molecule has 0 radical (unpaired) electrons. The standard InChI is InChI=1S/C26H32N4O3.HI/c1-2-27-26(29-17-23-19-33-25(30-23)22-9-4-3-5-10-22)28-16-20-7-6-8-21(15-20)18-32-24-11-13-31-14-12-24;/h3-10,15,19,24H,2,11-14,16-18H2,1H3,(H2,27,28,29);1H. The van der Waals surface area contributed by atoms with Gasteiger partial charge >= 0.3 is 0 Å². The number of hydrogen-bond donors (Lipinski definition) is 2. The van der Waals surface area contributed by atoms with Crippen LogP contribution < -0.4 is 10.6 Å². The minimum absolute atomic E-state index is 0. The molecule has 2 aromatic carbocycles. The number of nitrogens with zero attached hydrogens (tertiary/aromatic N) is 2. The molecular formula is C26H33IN4O3. The van der Waals surface area contributed by atoms with Gasteiger partial charge in [-0.1, -0.05) is 42.5 Å². The van der Waals surface area contributed by atoms with E-state index in [1.54, 1.807) is 6.26 Å². The van der Waals surface area contributed by atoms with Gasteiger partial charge in [0.25, 0.3) is 0 Å². The molecule has 1 aliphatic heterocycles. The molecule has 1 aromatic heterocycles. The number of benzene rings is 2. The monoisotopic (exact) mass is 576 g/mol. The molecule has 0 unspecified atom stereocenters. The minimum atomic E-state index is 0. The molecule has 0 amide bonds. The van der Waals surface area contributed by atoms with Crippen LogP contribution in [-0.2, 0) is 29.2 Å². The average Bonchev–Trinajstić information content (AvgIpc) is 3.35. The van der Waals surface area contributed by atoms with E-state index in [2.05, 4.69) is 46.8 Å². The molecule has 1 fully saturated rings. The first kappa shape index (κ1) is 26.2. The molecule has 8 heteroatoms. The second-order valence-electron chi connectivity index (χ2n) is 8.00. The molecule has 2 heterocycles. The minimum Gasteiger partial charge on any atom is -0.444 e. The van der Waals surface area contributed by atoms with Crippen LogP contribution in [-0.4, -0.2) is 36.8 Å². The second-order valence-corrected chi connectivity index (χ2v) is 8.00. The Morgan fingerprint density at radius 3 is 2.65 bits per heavy atom. The van der Waals surface area contributed by atoms with Crippen LogP contribution in [0.1, 0.15) is 36.6 Å². The third kappa shape index (κ3) is 8.11. The predicted octanol–water partition coefficient (Wildman–Crippen LogP) is 4.91. The number of ether oxygens (including phenoxy) is 2. The topological polar surface area (TPSA) is 80.9 Å². The molecule has 3 aromatic rings. The molecule has 0 bridgehead atoms. The van der Waals surface area contributed by atoms with Crippen LogP contribution in [0.5, 0.6) is 0 Å². The fourth-order valence-electron chi connectivity index (χ4n) is 3.66. The summed E-state index contributed by atoms with van der Waals surface area (Å²) in [5, 5.41) is 6.62. The quantitative estimate of drug-likeness (QED) is 0.214. The smallest absolute Gasteiger partial charge is 0.226 e. The number of oxazole rings is 1. The van der Waals surface area contributed by atoms with Gasteiger partial charge in [0.15, 0.2) is 5.96 Å². The van der Waals surface area contributed by atoms with Crippen LogP contribution in [0.2, 0.25) is 0 Å². The first-order valence-electron chi connectivity index (χ1n) is 11.6. The lowest BCUT2D eigenvalue weighted by Gasteiger charge is -2.22. The maximum atomic E-state index is 6.05. The van der Waals surface area contributed by atoms with Gasteiger partial charge in [0.1, 0.15) is 6.26 Å². The molecular weight excluding hydrogens is 543 g/mol. The highest BCUT2D eigenvalue weighted by Crippen LogP contribution is 2.18. The molecule has 182 valence electrons. The Labute approximate surface area is 218 Å². The highest BCUT2D eigenvalue weighted by Gasteiger charge is 2.14. The van der Waals surface area contributed by atoms with Crippen LogP contribution in [0.25, 0.3) is 11.5 Å². The molecule has 1 saturated heterocycles. The summed E-state index contributed by atoms with van der Waals surface area (Å²) in [5.41, 5.74) is 4.10. The SMILES string of the molecule is CCNC(=NCc1cccc(COC2CCOCC2)c1)NCc1coc(-c2ccccc2)n1.I. The summed E-state index contributed by atoms with van der Waals surface area (Å²) >= 11 is 0. The summed E-state index contributed by atoms with van der Waals surface area (Å²) in [4.78, 5) is 9.30. The van der Waals surface area contributed by atoms with Crippen LogP contribution in [0.3, 0.4) is 0 Å². The van der Waals surface area contributed by atoms with Crippen molar-refractivity contribution in [2.75, 3.05) is 19.8 Å². The molecule has 7 nitrogen and oxygen atoms in total. The summed E-state index contributed by atoms with van der Waals surface area (Å²) in [7, 11) is 0. The third-order valence-corrected chi connectivity index (χ3v) is 5.42. The Morgan fingerprint density at radius 1 is 1.06 bits per heavy atom. The van der Waals surface area contributed by atoms with Crippen LogP contribution >= 0.6 is 24.0 Å². The fourth-order valence-corrected chi connectivity index (χ4v) is 3.66. The van der Waals surface area contributed by atoms with Crippen LogP contribution in [0, 0.1) is 0 Å². The molecule has 2 N–H and O–H groups in total. The second kappa shape index (κ2) is 14.1. The molecule has 34 heavy (non-hydrogen) atoms. The van der Waals surface area contributed by atoms with E-state index in [0.29, 0.717) is 31.7 Å². The predicted molar refractivity (Wildman–Crippen MR) is 144 cm³/mol. The van der Waals surface area contributed by atoms with Gasteiger partial charge in [-0.05, 0) is 43.0 Å². The van der Waals surface area contributed by atoms with Crippen molar-refractivity contribution < 1.29 is 13.9 Å². The van der Waals surface area contributed by atoms with E-state index in [1.165, 1.54) is 5.56 Å². The van der Waals surface area contributed by atoms with E-state index < -0.39 is 0 Å². The first-order chi connectivity index (χ1) is 16.3. The van der Waals surface area contributed by atoms with Crippen molar-refractivity contribution in [1.29, 1.82) is 0 Å². The number of aliphatic imine (C=N–C) groups is 1. The van der Waals surface area contributed by atoms with Crippen molar-refractivity contribution in [1.82, 2.24) is 15.6 Å². The van der Waals surface area contributed by atoms with E-state index in [1.807, 2.05) is 30.3 Å². The molecule has 4 rings (SSSR count). The number of guanidine groups is 1. The highest BCUT2D eigenvalue weighted by atomic mass is 127. The third-order valence-electron chi connectivity index (χ3n) is 5.42. The van der Waals surface area contributed by atoms with Crippen molar-refractivity contribution in [3.05, 3.63) is 77.7 Å². The van der Waals surface area contributed by atoms with Gasteiger partial charge < -0.3 is 24.5 Å². The van der Waals surface area contributed by atoms with Gasteiger partial charge in [-0.3, -0.25) is 0 Å². The fraction of sp³-hybridized carbons (Fsp3) is 0.385. The zero-order valence-electron chi connectivity index (χ0n) is 19.5. The van der Waals surface area contributed by atoms with Crippen molar-refractivity contribution >= 4 is 29.9 Å². The van der Waals surface area contributed by atoms with E-state index in [0.717, 1.165) is 55.4 Å². The van der Waals surface area contributed by atoms with Gasteiger partial charge in [-0.2, -0.15) is 0 Å². The number of nitrogens with one attached hydrogen (secondary N) is 2. The lowest BCUT2D eigenvalue weighted by atomic mass is 10.1. The normalized spacial score (nSPS) is 14.4. The summed E-state index contributed by atoms with van der Waals surface area (Å²) < 4.78 is 17.1. The zero-order valence-corrected chi connectivity index (χ0v) is 21.9. The zero-order chi connectivity index (χ0) is 22.7. The average molecular weight is 576 g/mol. The van der Waals surface area contributed by atoms with E-state index in [9.17, 15) is 0 Å². The van der Waals surface area contributed by atoms with Crippen molar-refractivity contribution in [3.8, 4) is 11.5 Å². The largest absolute Gasteiger partial charge is 0.444 e. The molecule has 0 aliphatic carbocycles. The van der Waals surface area contributed by atoms with Gasteiger partial charge in [0.2, 0.25) is 5.89 Å². The van der Waals surface area contributed by atoms with Crippen LogP contribution in [0.15, 0.2) is 70.3 Å². The lowest BCUT2D eigenvalue weighted by molar-refractivity contribution is -0.0390. The Morgan fingerprint density at radius 2 is 1.85 bits per heavy atom. The molecule has 1 aliphatic rings.